The highest BCUT2D eigenvalue weighted by atomic mass is 35.5. The van der Waals surface area contributed by atoms with Gasteiger partial charge in [0.25, 0.3) is 0 Å². The number of ketones is 1. The number of carbonyl (C=O) groups is 1. The van der Waals surface area contributed by atoms with Crippen LogP contribution in [0.25, 0.3) is 10.9 Å². The maximum atomic E-state index is 12.4. The van der Waals surface area contributed by atoms with Crippen LogP contribution in [0.5, 0.6) is 0 Å². The number of nitrogens with one attached hydrogen (secondary N) is 2. The Bertz CT molecular complexity index is 1160. The van der Waals surface area contributed by atoms with Gasteiger partial charge in [-0.2, -0.15) is 0 Å². The van der Waals surface area contributed by atoms with E-state index in [-0.39, 0.29) is 11.7 Å². The molecule has 1 saturated heterocycles. The fourth-order valence-corrected chi connectivity index (χ4v) is 4.96. The summed E-state index contributed by atoms with van der Waals surface area (Å²) in [6.07, 6.45) is 10.2. The first-order valence-corrected chi connectivity index (χ1v) is 12.8. The summed E-state index contributed by atoms with van der Waals surface area (Å²) < 4.78 is 5.17. The zero-order chi connectivity index (χ0) is 24.2. The van der Waals surface area contributed by atoms with Gasteiger partial charge in [-0.1, -0.05) is 18.5 Å². The van der Waals surface area contributed by atoms with E-state index in [0.717, 1.165) is 54.5 Å². The van der Waals surface area contributed by atoms with Crippen molar-refractivity contribution < 1.29 is 9.53 Å². The number of carbonyl (C=O) groups excluding carboxylic acids is 1. The number of pyridine rings is 2. The van der Waals surface area contributed by atoms with Gasteiger partial charge in [-0.05, 0) is 55.4 Å². The molecule has 9 heteroatoms. The standard InChI is InChI=1S/C26H31ClN6O2/c1-16(22(34)10-18-14-35-15-18)20-12-30-26(31-13-20)29-11-17-2-5-21(6-3-17)32-23-7-4-19-8-9-28-25(27)24(19)33-23/h4,7-9,12-13,16-18,21H,2-3,5-6,10-11,14-15H2,1H3,(H,32,33)(H,29,30,31). The molecule has 1 saturated carbocycles. The highest BCUT2D eigenvalue weighted by molar-refractivity contribution is 6.33. The van der Waals surface area contributed by atoms with E-state index >= 15 is 0 Å². The lowest BCUT2D eigenvalue weighted by molar-refractivity contribution is -0.125. The van der Waals surface area contributed by atoms with Crippen LogP contribution in [0.3, 0.4) is 0 Å². The van der Waals surface area contributed by atoms with Crippen molar-refractivity contribution in [1.82, 2.24) is 19.9 Å². The van der Waals surface area contributed by atoms with Crippen molar-refractivity contribution in [2.75, 3.05) is 30.4 Å². The SMILES string of the molecule is CC(C(=O)CC1COC1)c1cnc(NCC2CCC(Nc3ccc4ccnc(Cl)c4n3)CC2)nc1. The summed E-state index contributed by atoms with van der Waals surface area (Å²) in [5, 5.41) is 8.36. The van der Waals surface area contributed by atoms with E-state index in [2.05, 4.69) is 30.6 Å². The van der Waals surface area contributed by atoms with Gasteiger partial charge in [0, 0.05) is 54.8 Å². The molecule has 4 heterocycles. The van der Waals surface area contributed by atoms with Gasteiger partial charge in [0.2, 0.25) is 5.95 Å². The molecule has 0 bridgehead atoms. The van der Waals surface area contributed by atoms with E-state index < -0.39 is 0 Å². The second-order valence-electron chi connectivity index (χ2n) is 9.75. The molecule has 2 aliphatic rings. The number of hydrogen-bond donors (Lipinski definition) is 2. The Balaban J connectivity index is 1.06. The van der Waals surface area contributed by atoms with E-state index in [4.69, 9.17) is 16.3 Å². The van der Waals surface area contributed by atoms with Gasteiger partial charge in [0.1, 0.15) is 17.1 Å². The first-order valence-electron chi connectivity index (χ1n) is 12.4. The molecule has 3 aromatic rings. The molecule has 2 fully saturated rings. The van der Waals surface area contributed by atoms with Gasteiger partial charge in [0.15, 0.2) is 5.15 Å². The number of halogens is 1. The molecule has 1 aliphatic heterocycles. The molecule has 0 aromatic carbocycles. The van der Waals surface area contributed by atoms with Gasteiger partial charge >= 0.3 is 0 Å². The van der Waals surface area contributed by atoms with Crippen molar-refractivity contribution in [3.63, 3.8) is 0 Å². The van der Waals surface area contributed by atoms with Crippen molar-refractivity contribution in [1.29, 1.82) is 0 Å². The van der Waals surface area contributed by atoms with Crippen molar-refractivity contribution >= 4 is 40.1 Å². The van der Waals surface area contributed by atoms with Crippen LogP contribution in [-0.4, -0.2) is 51.5 Å². The molecule has 3 aromatic heterocycles. The molecule has 1 atom stereocenters. The molecule has 5 rings (SSSR count). The molecule has 184 valence electrons. The number of fused-ring (bicyclic) bond motifs is 1. The van der Waals surface area contributed by atoms with Gasteiger partial charge in [-0.3, -0.25) is 4.79 Å². The highest BCUT2D eigenvalue weighted by Crippen LogP contribution is 2.28. The number of nitrogens with zero attached hydrogens (tertiary/aromatic N) is 4. The van der Waals surface area contributed by atoms with Crippen LogP contribution in [0, 0.1) is 11.8 Å². The number of Topliss-reactive ketones (excluding diaryl/α,β-unsaturated/α-hetero) is 1. The molecule has 1 aliphatic carbocycles. The van der Waals surface area contributed by atoms with E-state index in [0.29, 0.717) is 48.6 Å². The third kappa shape index (κ3) is 5.87. The van der Waals surface area contributed by atoms with Crippen LogP contribution in [0.2, 0.25) is 5.15 Å². The smallest absolute Gasteiger partial charge is 0.222 e. The molecule has 35 heavy (non-hydrogen) atoms. The monoisotopic (exact) mass is 494 g/mol. The minimum absolute atomic E-state index is 0.184. The van der Waals surface area contributed by atoms with Gasteiger partial charge in [0.05, 0.1) is 13.2 Å². The van der Waals surface area contributed by atoms with Gasteiger partial charge in [-0.25, -0.2) is 19.9 Å². The van der Waals surface area contributed by atoms with E-state index in [1.165, 1.54) is 0 Å². The summed E-state index contributed by atoms with van der Waals surface area (Å²) >= 11 is 6.20. The largest absolute Gasteiger partial charge is 0.381 e. The van der Waals surface area contributed by atoms with Crippen LogP contribution in [-0.2, 0) is 9.53 Å². The maximum absolute atomic E-state index is 12.4. The van der Waals surface area contributed by atoms with Crippen LogP contribution in [0.15, 0.2) is 36.8 Å². The number of hydrogen-bond acceptors (Lipinski definition) is 8. The van der Waals surface area contributed by atoms with Crippen molar-refractivity contribution in [2.24, 2.45) is 11.8 Å². The number of aromatic nitrogens is 4. The Morgan fingerprint density at radius 1 is 1.09 bits per heavy atom. The molecule has 2 N–H and O–H groups in total. The Morgan fingerprint density at radius 3 is 2.57 bits per heavy atom. The molecular formula is C26H31ClN6O2. The Morgan fingerprint density at radius 2 is 1.86 bits per heavy atom. The quantitative estimate of drug-likeness (QED) is 0.406. The Hall–Kier alpha value is -2.84. The van der Waals surface area contributed by atoms with Crippen molar-refractivity contribution in [2.45, 2.75) is 51.0 Å². The van der Waals surface area contributed by atoms with Gasteiger partial charge in [-0.15, -0.1) is 0 Å². The number of rotatable bonds is 9. The second kappa shape index (κ2) is 10.8. The van der Waals surface area contributed by atoms with Crippen LogP contribution in [0.4, 0.5) is 11.8 Å². The fourth-order valence-electron chi connectivity index (χ4n) is 4.75. The lowest BCUT2D eigenvalue weighted by Crippen LogP contribution is -2.30. The third-order valence-electron chi connectivity index (χ3n) is 7.16. The zero-order valence-corrected chi connectivity index (χ0v) is 20.7. The molecule has 1 unspecified atom stereocenters. The lowest BCUT2D eigenvalue weighted by atomic mass is 9.86. The van der Waals surface area contributed by atoms with E-state index in [1.807, 2.05) is 25.1 Å². The number of ether oxygens (including phenoxy) is 1. The summed E-state index contributed by atoms with van der Waals surface area (Å²) in [5.41, 5.74) is 1.60. The normalized spacial score (nSPS) is 21.3. The summed E-state index contributed by atoms with van der Waals surface area (Å²) in [5.74, 6) is 2.45. The van der Waals surface area contributed by atoms with Crippen LogP contribution < -0.4 is 10.6 Å². The third-order valence-corrected chi connectivity index (χ3v) is 7.44. The first kappa shape index (κ1) is 23.9. The summed E-state index contributed by atoms with van der Waals surface area (Å²) in [6, 6.07) is 6.34. The fraction of sp³-hybridized carbons (Fsp3) is 0.500. The number of anilines is 2. The maximum Gasteiger partial charge on any atom is 0.222 e. The molecule has 0 radical (unpaired) electrons. The van der Waals surface area contributed by atoms with Crippen molar-refractivity contribution in [3.8, 4) is 0 Å². The summed E-state index contributed by atoms with van der Waals surface area (Å²) in [4.78, 5) is 30.1. The van der Waals surface area contributed by atoms with E-state index in [9.17, 15) is 4.79 Å². The molecular weight excluding hydrogens is 464 g/mol. The average molecular weight is 495 g/mol. The van der Waals surface area contributed by atoms with Gasteiger partial charge < -0.3 is 15.4 Å². The predicted octanol–water partition coefficient (Wildman–Crippen LogP) is 4.87. The first-order chi connectivity index (χ1) is 17.0. The minimum atomic E-state index is -0.184. The molecule has 0 amide bonds. The molecule has 0 spiro atoms. The summed E-state index contributed by atoms with van der Waals surface area (Å²) in [6.45, 7) is 4.17. The predicted molar refractivity (Wildman–Crippen MR) is 137 cm³/mol. The Labute approximate surface area is 210 Å². The Kier molecular flexibility index (Phi) is 7.39. The highest BCUT2D eigenvalue weighted by Gasteiger charge is 2.26. The average Bonchev–Trinajstić information content (AvgIpc) is 2.86. The topological polar surface area (TPSA) is 102 Å². The van der Waals surface area contributed by atoms with Crippen LogP contribution in [0.1, 0.15) is 50.5 Å². The minimum Gasteiger partial charge on any atom is -0.381 e. The lowest BCUT2D eigenvalue weighted by Gasteiger charge is -2.29. The van der Waals surface area contributed by atoms with Crippen LogP contribution >= 0.6 is 11.6 Å². The second-order valence-corrected chi connectivity index (χ2v) is 10.1. The van der Waals surface area contributed by atoms with Crippen molar-refractivity contribution in [3.05, 3.63) is 47.5 Å². The summed E-state index contributed by atoms with van der Waals surface area (Å²) in [7, 11) is 0. The zero-order valence-electron chi connectivity index (χ0n) is 19.9. The molecule has 8 nitrogen and oxygen atoms in total. The van der Waals surface area contributed by atoms with E-state index in [1.54, 1.807) is 18.6 Å².